The van der Waals surface area contributed by atoms with Crippen LogP contribution in [0.4, 0.5) is 0 Å². The largest absolute Gasteiger partial charge is 0.168 e. The van der Waals surface area contributed by atoms with E-state index >= 15 is 0 Å². The Morgan fingerprint density at radius 3 is 1.56 bits per heavy atom. The molecule has 3 aromatic rings. The second-order valence-corrected chi connectivity index (χ2v) is 19.6. The summed E-state index contributed by atoms with van der Waals surface area (Å²) in [7, 11) is -4.28. The molecule has 0 saturated heterocycles. The molecule has 0 amide bonds. The fourth-order valence-corrected chi connectivity index (χ4v) is 18.7. The van der Waals surface area contributed by atoms with Gasteiger partial charge in [-0.15, -0.1) is 0 Å². The summed E-state index contributed by atoms with van der Waals surface area (Å²) in [4.78, 5) is 1.80. The van der Waals surface area contributed by atoms with E-state index in [2.05, 4.69) is 124 Å². The molecule has 0 aliphatic carbocycles. The average Bonchev–Trinajstić information content (AvgIpc) is 3.26. The van der Waals surface area contributed by atoms with Gasteiger partial charge in [0, 0.05) is 0 Å². The molecule has 0 unspecified atom stereocenters. The van der Waals surface area contributed by atoms with Crippen molar-refractivity contribution in [1.82, 2.24) is 0 Å². The Kier molecular flexibility index (Phi) is 9.03. The molecule has 188 valence electrons. The normalized spacial score (nSPS) is 15.3. The van der Waals surface area contributed by atoms with E-state index in [-0.39, 0.29) is 0 Å². The van der Waals surface area contributed by atoms with Crippen LogP contribution in [0.25, 0.3) is 0 Å². The van der Waals surface area contributed by atoms with Crippen molar-refractivity contribution < 1.29 is 0 Å². The van der Waals surface area contributed by atoms with E-state index in [1.165, 1.54) is 51.4 Å². The number of benzene rings is 3. The topological polar surface area (TPSA) is 0 Å². The molecule has 0 nitrogen and oxygen atoms in total. The minimum absolute atomic E-state index is 1.23. The van der Waals surface area contributed by atoms with Gasteiger partial charge in [0.2, 0.25) is 0 Å². The van der Waals surface area contributed by atoms with E-state index in [0.29, 0.717) is 0 Å². The number of rotatable bonds is 12. The van der Waals surface area contributed by atoms with Gasteiger partial charge in [0.05, 0.1) is 0 Å². The first-order chi connectivity index (χ1) is 17.6. The van der Waals surface area contributed by atoms with Crippen LogP contribution in [0, 0.1) is 0 Å². The van der Waals surface area contributed by atoms with Gasteiger partial charge in [-0.25, -0.2) is 0 Å². The highest BCUT2D eigenvalue weighted by Crippen LogP contribution is 2.42. The summed E-state index contributed by atoms with van der Waals surface area (Å²) in [6.45, 7) is 9.88. The van der Waals surface area contributed by atoms with Crippen molar-refractivity contribution in [3.05, 3.63) is 113 Å². The predicted molar refractivity (Wildman–Crippen MR) is 165 cm³/mol. The smallest absolute Gasteiger partial charge is 0.0732 e. The monoisotopic (exact) mass is 508 g/mol. The van der Waals surface area contributed by atoms with Gasteiger partial charge >= 0.3 is 0 Å². The lowest BCUT2D eigenvalue weighted by Gasteiger charge is -2.41. The number of allylic oxidation sites excluding steroid dienone is 3. The van der Waals surface area contributed by atoms with Crippen LogP contribution in [-0.2, 0) is 0 Å². The van der Waals surface area contributed by atoms with Crippen LogP contribution in [-0.4, -0.2) is 16.1 Å². The van der Waals surface area contributed by atoms with Crippen LogP contribution in [0.15, 0.2) is 113 Å². The van der Waals surface area contributed by atoms with E-state index in [9.17, 15) is 0 Å². The van der Waals surface area contributed by atoms with Gasteiger partial charge < -0.3 is 0 Å². The van der Waals surface area contributed by atoms with E-state index in [1.54, 1.807) is 26.0 Å². The van der Waals surface area contributed by atoms with Crippen LogP contribution in [0.1, 0.15) is 65.2 Å². The maximum atomic E-state index is 2.75. The Bertz CT molecular complexity index is 1120. The fraction of sp³-hybridized carbons (Fsp3) is 0.353. The molecule has 0 spiro atoms. The highest BCUT2D eigenvalue weighted by molar-refractivity contribution is 7.24. The van der Waals surface area contributed by atoms with E-state index < -0.39 is 16.1 Å². The van der Waals surface area contributed by atoms with Gasteiger partial charge in [0.15, 0.2) is 8.07 Å². The summed E-state index contributed by atoms with van der Waals surface area (Å²) >= 11 is 0. The van der Waals surface area contributed by atoms with Crippen molar-refractivity contribution in [2.45, 2.75) is 78.3 Å². The number of unbranched alkanes of at least 4 members (excludes halogenated alkanes) is 4. The van der Waals surface area contributed by atoms with Crippen LogP contribution in [0.5, 0.6) is 0 Å². The van der Waals surface area contributed by atoms with Crippen molar-refractivity contribution in [1.29, 1.82) is 0 Å². The molecule has 1 aliphatic heterocycles. The molecule has 3 aromatic carbocycles. The first kappa shape index (κ1) is 26.6. The molecule has 0 aromatic heterocycles. The Morgan fingerprint density at radius 1 is 0.583 bits per heavy atom. The van der Waals surface area contributed by atoms with Gasteiger partial charge in [0.1, 0.15) is 8.07 Å². The van der Waals surface area contributed by atoms with E-state index in [0.717, 1.165) is 0 Å². The molecule has 0 atom stereocenters. The maximum absolute atomic E-state index is 2.75. The number of hydrogen-bond acceptors (Lipinski definition) is 0. The van der Waals surface area contributed by atoms with Crippen LogP contribution >= 0.6 is 0 Å². The highest BCUT2D eigenvalue weighted by atomic mass is 28.4. The lowest BCUT2D eigenvalue weighted by Crippen LogP contribution is -2.67. The Hall–Kier alpha value is -2.43. The molecule has 0 saturated carbocycles. The van der Waals surface area contributed by atoms with Gasteiger partial charge in [-0.1, -0.05) is 170 Å². The van der Waals surface area contributed by atoms with Crippen LogP contribution < -0.4 is 15.6 Å². The Balaban J connectivity index is 2.02. The van der Waals surface area contributed by atoms with Crippen molar-refractivity contribution in [2.24, 2.45) is 0 Å². The minimum atomic E-state index is -2.33. The molecule has 0 fully saturated rings. The second-order valence-electron chi connectivity index (χ2n) is 10.9. The minimum Gasteiger partial charge on any atom is -0.0732 e. The zero-order valence-corrected chi connectivity index (χ0v) is 24.9. The molecule has 1 heterocycles. The van der Waals surface area contributed by atoms with Gasteiger partial charge in [-0.3, -0.25) is 0 Å². The van der Waals surface area contributed by atoms with Crippen LogP contribution in [0.3, 0.4) is 0 Å². The van der Waals surface area contributed by atoms with Crippen molar-refractivity contribution in [2.75, 3.05) is 0 Å². The standard InChI is InChI=1S/C34H44Si2/c1-5-7-12-20-29-28-34(35(3,4)30-21-14-9-15-22-30)36(31-23-16-10-17-24-31,32-25-18-11-19-26-32)33(29)27-13-8-6-2/h9-11,14-19,21-26,28H,5-8,12-13,20,27H2,1-4H3. The average molecular weight is 509 g/mol. The molecule has 1 aliphatic rings. The van der Waals surface area contributed by atoms with Gasteiger partial charge in [-0.2, -0.15) is 0 Å². The SMILES string of the molecule is CCCCCC1=C(CCCCC)[Si](c2ccccc2)(c2ccccc2)C([Si](C)(C)c2ccccc2)=C1. The third kappa shape index (κ3) is 5.17. The zero-order chi connectivity index (χ0) is 25.4. The summed E-state index contributed by atoms with van der Waals surface area (Å²) in [5, 5.41) is 6.53. The molecule has 4 rings (SSSR count). The van der Waals surface area contributed by atoms with Crippen molar-refractivity contribution in [3.8, 4) is 0 Å². The third-order valence-corrected chi connectivity index (χ3v) is 19.3. The summed E-state index contributed by atoms with van der Waals surface area (Å²) in [6.07, 6.45) is 13.0. The first-order valence-corrected chi connectivity index (χ1v) is 19.2. The van der Waals surface area contributed by atoms with E-state index in [1.807, 2.05) is 5.20 Å². The van der Waals surface area contributed by atoms with Gasteiger partial charge in [-0.05, 0) is 36.1 Å². The molecule has 0 radical (unpaired) electrons. The van der Waals surface area contributed by atoms with Crippen molar-refractivity contribution in [3.63, 3.8) is 0 Å². The Morgan fingerprint density at radius 2 is 1.06 bits per heavy atom. The summed E-state index contributed by atoms with van der Waals surface area (Å²) < 4.78 is 0. The van der Waals surface area contributed by atoms with Gasteiger partial charge in [0.25, 0.3) is 0 Å². The van der Waals surface area contributed by atoms with Crippen LogP contribution in [0.2, 0.25) is 13.1 Å². The van der Waals surface area contributed by atoms with E-state index in [4.69, 9.17) is 0 Å². The quantitative estimate of drug-likeness (QED) is 0.172. The molecule has 0 N–H and O–H groups in total. The Labute approximate surface area is 222 Å². The third-order valence-electron chi connectivity index (χ3n) is 8.23. The molecule has 2 heteroatoms. The summed E-state index contributed by atoms with van der Waals surface area (Å²) in [5.41, 5.74) is 1.69. The maximum Gasteiger partial charge on any atom is 0.168 e. The first-order valence-electron chi connectivity index (χ1n) is 14.2. The molecule has 0 bridgehead atoms. The molecule has 36 heavy (non-hydrogen) atoms. The lowest BCUT2D eigenvalue weighted by atomic mass is 10.0. The molecular formula is C34H44Si2. The summed E-state index contributed by atoms with van der Waals surface area (Å²) in [6, 6.07) is 34.8. The predicted octanol–water partition coefficient (Wildman–Crippen LogP) is 7.88. The van der Waals surface area contributed by atoms with Crippen molar-refractivity contribution >= 4 is 31.7 Å². The second kappa shape index (κ2) is 12.2. The fourth-order valence-electron chi connectivity index (χ4n) is 6.32. The summed E-state index contributed by atoms with van der Waals surface area (Å²) in [5.74, 6) is 0. The zero-order valence-electron chi connectivity index (χ0n) is 22.9. The highest BCUT2D eigenvalue weighted by Gasteiger charge is 2.53. The molecular weight excluding hydrogens is 465 g/mol. The lowest BCUT2D eigenvalue weighted by molar-refractivity contribution is 0.702. The number of hydrogen-bond donors (Lipinski definition) is 0.